The monoisotopic (exact) mass is 579 g/mol. The molecule has 1 atom stereocenters. The van der Waals surface area contributed by atoms with Crippen LogP contribution in [0.2, 0.25) is 0 Å². The largest absolute Gasteiger partial charge is 0.402 e. The van der Waals surface area contributed by atoms with Gasteiger partial charge in [-0.05, 0) is 65.0 Å². The van der Waals surface area contributed by atoms with Crippen LogP contribution in [0.25, 0.3) is 0 Å². The summed E-state index contributed by atoms with van der Waals surface area (Å²) >= 11 is 1.52. The van der Waals surface area contributed by atoms with E-state index in [2.05, 4.69) is 63.9 Å². The van der Waals surface area contributed by atoms with Crippen LogP contribution in [0.15, 0.2) is 69.2 Å². The molecule has 0 fully saturated rings. The molecular weight excluding hydrogens is 526 g/mol. The second kappa shape index (κ2) is 17.1. The molecule has 0 radical (unpaired) electrons. The number of carbonyl (C=O) groups is 2. The first-order valence-electron chi connectivity index (χ1n) is 14.8. The minimum atomic E-state index is -0.243. The molecule has 2 amide bonds. The molecule has 0 aliphatic carbocycles. The van der Waals surface area contributed by atoms with Gasteiger partial charge in [-0.15, -0.1) is 11.3 Å². The summed E-state index contributed by atoms with van der Waals surface area (Å²) in [5, 5.41) is 1.86. The summed E-state index contributed by atoms with van der Waals surface area (Å²) in [5.41, 5.74) is 12.5. The lowest BCUT2D eigenvalue weighted by Crippen LogP contribution is -2.36. The molecule has 1 aromatic rings. The average Bonchev–Trinajstić information content (AvgIpc) is 3.36. The van der Waals surface area contributed by atoms with Crippen molar-refractivity contribution in [3.05, 3.63) is 80.3 Å². The molecule has 0 saturated carbocycles. The van der Waals surface area contributed by atoms with Gasteiger partial charge in [0.1, 0.15) is 0 Å². The van der Waals surface area contributed by atoms with Crippen LogP contribution in [0.4, 0.5) is 0 Å². The summed E-state index contributed by atoms with van der Waals surface area (Å²) in [5.74, 6) is 0.504. The molecule has 0 spiro atoms. The summed E-state index contributed by atoms with van der Waals surface area (Å²) < 4.78 is 0. The minimum absolute atomic E-state index is 0.0566. The van der Waals surface area contributed by atoms with Crippen molar-refractivity contribution >= 4 is 28.9 Å². The number of fused-ring (bicyclic) bond motifs is 1. The lowest BCUT2D eigenvalue weighted by Gasteiger charge is -2.27. The van der Waals surface area contributed by atoms with E-state index in [4.69, 9.17) is 5.73 Å². The number of nitrogens with two attached hydrogens (primary N) is 1. The van der Waals surface area contributed by atoms with E-state index in [-0.39, 0.29) is 17.2 Å². The third kappa shape index (κ3) is 11.8. The van der Waals surface area contributed by atoms with Crippen LogP contribution in [0, 0.1) is 11.3 Å². The zero-order valence-corrected chi connectivity index (χ0v) is 28.2. The van der Waals surface area contributed by atoms with E-state index in [1.165, 1.54) is 28.9 Å². The molecule has 1 aliphatic rings. The van der Waals surface area contributed by atoms with Crippen LogP contribution < -0.4 is 5.73 Å². The van der Waals surface area contributed by atoms with Crippen LogP contribution in [-0.2, 0) is 17.8 Å². The van der Waals surface area contributed by atoms with E-state index >= 15 is 0 Å². The zero-order chi connectivity index (χ0) is 31.3. The summed E-state index contributed by atoms with van der Waals surface area (Å²) in [6.07, 6.45) is 15.4. The molecule has 226 valence electrons. The summed E-state index contributed by atoms with van der Waals surface area (Å²) in [4.78, 5) is 32.1. The van der Waals surface area contributed by atoms with Gasteiger partial charge in [-0.1, -0.05) is 89.5 Å². The number of thiophene rings is 1. The summed E-state index contributed by atoms with van der Waals surface area (Å²) in [6.45, 7) is 23.7. The predicted molar refractivity (Wildman–Crippen MR) is 178 cm³/mol. The minimum Gasteiger partial charge on any atom is -0.402 e. The number of nitrogens with zero attached hydrogens (tertiary/aromatic N) is 2. The molecule has 0 saturated heterocycles. The van der Waals surface area contributed by atoms with E-state index in [1.807, 2.05) is 51.0 Å². The first kappa shape index (κ1) is 36.0. The van der Waals surface area contributed by atoms with Crippen LogP contribution in [0.3, 0.4) is 0 Å². The highest BCUT2D eigenvalue weighted by atomic mass is 32.1. The van der Waals surface area contributed by atoms with Crippen molar-refractivity contribution in [3.63, 3.8) is 0 Å². The second-order valence-corrected chi connectivity index (χ2v) is 12.8. The Kier molecular flexibility index (Phi) is 15.0. The van der Waals surface area contributed by atoms with E-state index in [9.17, 15) is 9.59 Å². The smallest absolute Gasteiger partial charge is 0.278 e. The Morgan fingerprint density at radius 2 is 1.80 bits per heavy atom. The fraction of sp³-hybridized carbons (Fsp3) is 0.514. The topological polar surface area (TPSA) is 75.8 Å². The first-order valence-corrected chi connectivity index (χ1v) is 15.6. The molecule has 0 aromatic carbocycles. The van der Waals surface area contributed by atoms with Crippen LogP contribution in [-0.4, -0.2) is 29.0 Å². The number of carbonyl (C=O) groups excluding carboxylic acids is 2. The maximum atomic E-state index is 12.6. The maximum Gasteiger partial charge on any atom is 0.278 e. The van der Waals surface area contributed by atoms with Gasteiger partial charge in [0, 0.05) is 39.2 Å². The van der Waals surface area contributed by atoms with Crippen molar-refractivity contribution in [2.24, 2.45) is 22.1 Å². The van der Waals surface area contributed by atoms with Crippen molar-refractivity contribution in [2.75, 3.05) is 6.54 Å². The lowest BCUT2D eigenvalue weighted by atomic mass is 9.92. The molecule has 0 bridgehead atoms. The van der Waals surface area contributed by atoms with E-state index in [0.717, 1.165) is 22.4 Å². The molecule has 1 aromatic heterocycles. The Bertz CT molecular complexity index is 1230. The van der Waals surface area contributed by atoms with E-state index in [0.29, 0.717) is 42.4 Å². The van der Waals surface area contributed by atoms with Crippen molar-refractivity contribution in [1.82, 2.24) is 4.90 Å². The van der Waals surface area contributed by atoms with Gasteiger partial charge in [0.15, 0.2) is 0 Å². The van der Waals surface area contributed by atoms with Gasteiger partial charge in [-0.25, -0.2) is 4.99 Å². The number of allylic oxidation sites excluding steroid dienone is 9. The Labute approximate surface area is 253 Å². The van der Waals surface area contributed by atoms with Crippen LogP contribution in [0.5, 0.6) is 0 Å². The van der Waals surface area contributed by atoms with E-state index in [1.54, 1.807) is 13.0 Å². The normalized spacial score (nSPS) is 16.4. The average molecular weight is 580 g/mol. The Morgan fingerprint density at radius 1 is 1.15 bits per heavy atom. The molecule has 6 heteroatoms. The number of amides is 2. The van der Waals surface area contributed by atoms with Gasteiger partial charge in [-0.2, -0.15) is 0 Å². The standard InChI is InChI=1S/C21H29N3O2S.C14H24/c1-7-13(2)20(26)24-9-8-15-16(12-27-17(15)11-24)19(25)23-14(3)10-18(22)21(4,5)6;1-6-12(3)10-8-9-11-14(5)13(4)7-2/h7,10,12H,8-9,11,22H2,1-6H3;8-12H,6-7H2,1-5H3/b13-7+,18-10-,23-14?;10-8-,11-9-,14-13?. The third-order valence-corrected chi connectivity index (χ3v) is 8.50. The number of hydrogen-bond acceptors (Lipinski definition) is 4. The molecule has 1 aliphatic heterocycles. The van der Waals surface area contributed by atoms with Gasteiger partial charge in [0.05, 0.1) is 12.1 Å². The predicted octanol–water partition coefficient (Wildman–Crippen LogP) is 8.98. The molecular formula is C35H53N3O2S. The molecule has 2 N–H and O–H groups in total. The van der Waals surface area contributed by atoms with E-state index < -0.39 is 0 Å². The van der Waals surface area contributed by atoms with Gasteiger partial charge in [-0.3, -0.25) is 9.59 Å². The van der Waals surface area contributed by atoms with Gasteiger partial charge < -0.3 is 10.6 Å². The fourth-order valence-corrected chi connectivity index (χ4v) is 4.85. The summed E-state index contributed by atoms with van der Waals surface area (Å²) in [7, 11) is 0. The van der Waals surface area contributed by atoms with Gasteiger partial charge >= 0.3 is 0 Å². The Morgan fingerprint density at radius 3 is 2.37 bits per heavy atom. The highest BCUT2D eigenvalue weighted by Gasteiger charge is 2.26. The van der Waals surface area contributed by atoms with Crippen molar-refractivity contribution < 1.29 is 9.59 Å². The second-order valence-electron chi connectivity index (χ2n) is 11.9. The Balaban J connectivity index is 0.000000509. The number of hydrogen-bond donors (Lipinski definition) is 1. The highest BCUT2D eigenvalue weighted by Crippen LogP contribution is 2.30. The van der Waals surface area contributed by atoms with Crippen LogP contribution >= 0.6 is 11.3 Å². The third-order valence-electron chi connectivity index (χ3n) is 7.49. The van der Waals surface area contributed by atoms with Crippen molar-refractivity contribution in [2.45, 2.75) is 102 Å². The molecule has 1 unspecified atom stereocenters. The maximum absolute atomic E-state index is 12.6. The van der Waals surface area contributed by atoms with Crippen molar-refractivity contribution in [1.29, 1.82) is 0 Å². The summed E-state index contributed by atoms with van der Waals surface area (Å²) in [6, 6.07) is 0. The highest BCUT2D eigenvalue weighted by molar-refractivity contribution is 7.10. The molecule has 2 heterocycles. The molecule has 41 heavy (non-hydrogen) atoms. The number of rotatable bonds is 8. The van der Waals surface area contributed by atoms with Gasteiger partial charge in [0.2, 0.25) is 5.91 Å². The molecule has 2 rings (SSSR count). The SMILES string of the molecule is C/C=C(\C)C(=O)N1CCc2c(C(=O)N=C(C)/C=C(\N)C(C)(C)C)csc2C1.CCC(C)=C(C)/C=C\C=C/C(C)CC. The first-order chi connectivity index (χ1) is 19.2. The van der Waals surface area contributed by atoms with Crippen LogP contribution in [0.1, 0.15) is 110 Å². The quantitative estimate of drug-likeness (QED) is 0.190. The zero-order valence-electron chi connectivity index (χ0n) is 27.4. The Hall–Kier alpha value is -2.99. The van der Waals surface area contributed by atoms with Crippen molar-refractivity contribution in [3.8, 4) is 0 Å². The molecule has 5 nitrogen and oxygen atoms in total. The fourth-order valence-electron chi connectivity index (χ4n) is 3.76. The number of aliphatic imine (C=N–C) groups is 1. The lowest BCUT2D eigenvalue weighted by molar-refractivity contribution is -0.127. The van der Waals surface area contributed by atoms with Gasteiger partial charge in [0.25, 0.3) is 5.91 Å².